The zero-order chi connectivity index (χ0) is 21.0. The van der Waals surface area contributed by atoms with Gasteiger partial charge in [-0.25, -0.2) is 0 Å². The van der Waals surface area contributed by atoms with Gasteiger partial charge in [0.25, 0.3) is 5.91 Å². The minimum absolute atomic E-state index is 0.0761. The van der Waals surface area contributed by atoms with E-state index >= 15 is 0 Å². The van der Waals surface area contributed by atoms with Crippen LogP contribution in [-0.4, -0.2) is 58.3 Å². The second-order valence-corrected chi connectivity index (χ2v) is 7.63. The number of carbonyl (C=O) groups is 1. The van der Waals surface area contributed by atoms with Gasteiger partial charge in [0, 0.05) is 43.5 Å². The fourth-order valence-electron chi connectivity index (χ4n) is 3.55. The van der Waals surface area contributed by atoms with Crippen molar-refractivity contribution in [1.82, 2.24) is 10.2 Å². The first-order valence-electron chi connectivity index (χ1n) is 9.99. The number of hydrogen-bond acceptors (Lipinski definition) is 5. The van der Waals surface area contributed by atoms with Crippen LogP contribution in [0.2, 0.25) is 0 Å². The minimum atomic E-state index is -0.182. The number of anilines is 1. The number of piperazine rings is 1. The highest BCUT2D eigenvalue weighted by Crippen LogP contribution is 2.27. The summed E-state index contributed by atoms with van der Waals surface area (Å²) in [7, 11) is 5.38. The predicted molar refractivity (Wildman–Crippen MR) is 116 cm³/mol. The minimum Gasteiger partial charge on any atom is -0.497 e. The summed E-state index contributed by atoms with van der Waals surface area (Å²) in [6, 6.07) is 11.6. The number of hydrogen-bond donors (Lipinski definition) is 1. The van der Waals surface area contributed by atoms with E-state index in [9.17, 15) is 4.79 Å². The maximum Gasteiger partial charge on any atom is 0.252 e. The van der Waals surface area contributed by atoms with E-state index in [4.69, 9.17) is 9.47 Å². The van der Waals surface area contributed by atoms with Crippen molar-refractivity contribution in [2.24, 2.45) is 0 Å². The van der Waals surface area contributed by atoms with Crippen molar-refractivity contribution in [3.05, 3.63) is 53.1 Å². The number of rotatable bonds is 6. The zero-order valence-electron chi connectivity index (χ0n) is 18.0. The molecule has 0 saturated carbocycles. The second-order valence-electron chi connectivity index (χ2n) is 7.63. The van der Waals surface area contributed by atoms with Gasteiger partial charge in [-0.1, -0.05) is 6.07 Å². The fraction of sp³-hybridized carbons (Fsp3) is 0.435. The number of ether oxygens (including phenoxy) is 2. The number of carbonyl (C=O) groups excluding carboxylic acids is 1. The van der Waals surface area contributed by atoms with Gasteiger partial charge < -0.3 is 24.6 Å². The summed E-state index contributed by atoms with van der Waals surface area (Å²) >= 11 is 0. The van der Waals surface area contributed by atoms with E-state index in [1.165, 1.54) is 0 Å². The number of benzene rings is 2. The van der Waals surface area contributed by atoms with Crippen LogP contribution in [0.1, 0.15) is 34.5 Å². The van der Waals surface area contributed by atoms with Gasteiger partial charge >= 0.3 is 0 Å². The molecular formula is C23H31N3O3. The monoisotopic (exact) mass is 397 g/mol. The van der Waals surface area contributed by atoms with Gasteiger partial charge in [-0.2, -0.15) is 0 Å². The maximum absolute atomic E-state index is 13.0. The second kappa shape index (κ2) is 9.18. The number of aryl methyl sites for hydroxylation is 1. The van der Waals surface area contributed by atoms with Crippen LogP contribution in [-0.2, 0) is 0 Å². The van der Waals surface area contributed by atoms with Gasteiger partial charge in [-0.3, -0.25) is 4.79 Å². The Kier molecular flexibility index (Phi) is 6.64. The Morgan fingerprint density at radius 1 is 1.00 bits per heavy atom. The number of nitrogens with one attached hydrogen (secondary N) is 1. The Morgan fingerprint density at radius 2 is 1.62 bits per heavy atom. The standard InChI is InChI=1S/C23H31N3O3/c1-16-6-7-19(26-10-8-25(3)9-11-26)14-22(16)23(27)24-17(2)18-12-20(28-4)15-21(13-18)29-5/h6-7,12-15,17H,8-11H2,1-5H3,(H,24,27)/t17-/m1/s1. The fourth-order valence-corrected chi connectivity index (χ4v) is 3.55. The summed E-state index contributed by atoms with van der Waals surface area (Å²) in [5, 5.41) is 3.12. The van der Waals surface area contributed by atoms with Crippen LogP contribution in [0.3, 0.4) is 0 Å². The molecule has 1 heterocycles. The molecule has 0 unspecified atom stereocenters. The molecule has 6 heteroatoms. The number of methoxy groups -OCH3 is 2. The lowest BCUT2D eigenvalue weighted by Crippen LogP contribution is -2.44. The van der Waals surface area contributed by atoms with Crippen molar-refractivity contribution in [2.75, 3.05) is 52.3 Å². The average molecular weight is 398 g/mol. The van der Waals surface area contributed by atoms with E-state index < -0.39 is 0 Å². The first-order valence-corrected chi connectivity index (χ1v) is 9.99. The lowest BCUT2D eigenvalue weighted by atomic mass is 10.0. The smallest absolute Gasteiger partial charge is 0.252 e. The van der Waals surface area contributed by atoms with Gasteiger partial charge in [-0.05, 0) is 56.3 Å². The van der Waals surface area contributed by atoms with Crippen molar-refractivity contribution in [3.63, 3.8) is 0 Å². The Bertz CT molecular complexity index is 838. The van der Waals surface area contributed by atoms with Crippen LogP contribution in [0.5, 0.6) is 11.5 Å². The van der Waals surface area contributed by atoms with Crippen LogP contribution in [0.25, 0.3) is 0 Å². The molecule has 0 spiro atoms. The predicted octanol–water partition coefficient (Wildman–Crippen LogP) is 3.26. The van der Waals surface area contributed by atoms with Crippen LogP contribution in [0.15, 0.2) is 36.4 Å². The Balaban J connectivity index is 1.77. The summed E-state index contributed by atoms with van der Waals surface area (Å²) in [6.45, 7) is 7.95. The molecular weight excluding hydrogens is 366 g/mol. The normalized spacial score (nSPS) is 15.7. The van der Waals surface area contributed by atoms with Crippen LogP contribution >= 0.6 is 0 Å². The van der Waals surface area contributed by atoms with Gasteiger partial charge in [0.15, 0.2) is 0 Å². The Morgan fingerprint density at radius 3 is 2.21 bits per heavy atom. The molecule has 2 aromatic rings. The molecule has 0 aliphatic carbocycles. The maximum atomic E-state index is 13.0. The van der Waals surface area contributed by atoms with Gasteiger partial charge in [-0.15, -0.1) is 0 Å². The molecule has 1 aliphatic rings. The molecule has 1 aliphatic heterocycles. The number of likely N-dealkylation sites (N-methyl/N-ethyl adjacent to an activating group) is 1. The first-order chi connectivity index (χ1) is 13.9. The summed E-state index contributed by atoms with van der Waals surface area (Å²) < 4.78 is 10.7. The average Bonchev–Trinajstić information content (AvgIpc) is 2.74. The third-order valence-corrected chi connectivity index (χ3v) is 5.56. The van der Waals surface area contributed by atoms with E-state index in [0.717, 1.165) is 43.0 Å². The molecule has 6 nitrogen and oxygen atoms in total. The molecule has 0 bridgehead atoms. The quantitative estimate of drug-likeness (QED) is 0.811. The highest BCUT2D eigenvalue weighted by atomic mass is 16.5. The van der Waals surface area contributed by atoms with Gasteiger partial charge in [0.1, 0.15) is 11.5 Å². The molecule has 3 rings (SSSR count). The van der Waals surface area contributed by atoms with Gasteiger partial charge in [0.05, 0.1) is 20.3 Å². The summed E-state index contributed by atoms with van der Waals surface area (Å²) in [6.07, 6.45) is 0. The van der Waals surface area contributed by atoms with Gasteiger partial charge in [0.2, 0.25) is 0 Å². The molecule has 0 aromatic heterocycles. The van der Waals surface area contributed by atoms with Crippen LogP contribution in [0.4, 0.5) is 5.69 Å². The van der Waals surface area contributed by atoms with Crippen LogP contribution in [0, 0.1) is 6.92 Å². The van der Waals surface area contributed by atoms with Crippen molar-refractivity contribution in [2.45, 2.75) is 19.9 Å². The third-order valence-electron chi connectivity index (χ3n) is 5.56. The SMILES string of the molecule is COc1cc(OC)cc([C@@H](C)NC(=O)c2cc(N3CCN(C)CC3)ccc2C)c1. The topological polar surface area (TPSA) is 54.0 Å². The molecule has 0 radical (unpaired) electrons. The molecule has 2 aromatic carbocycles. The van der Waals surface area contributed by atoms with E-state index in [1.54, 1.807) is 14.2 Å². The Hall–Kier alpha value is -2.73. The first kappa shape index (κ1) is 21.0. The zero-order valence-corrected chi connectivity index (χ0v) is 18.0. The Labute approximate surface area is 173 Å². The van der Waals surface area contributed by atoms with Crippen molar-refractivity contribution < 1.29 is 14.3 Å². The molecule has 1 saturated heterocycles. The van der Waals surface area contributed by atoms with E-state index in [2.05, 4.69) is 28.2 Å². The van der Waals surface area contributed by atoms with Crippen molar-refractivity contribution >= 4 is 11.6 Å². The van der Waals surface area contributed by atoms with E-state index in [1.807, 2.05) is 44.2 Å². The highest BCUT2D eigenvalue weighted by Gasteiger charge is 2.19. The lowest BCUT2D eigenvalue weighted by Gasteiger charge is -2.34. The van der Waals surface area contributed by atoms with Crippen molar-refractivity contribution in [3.8, 4) is 11.5 Å². The molecule has 1 atom stereocenters. The van der Waals surface area contributed by atoms with E-state index in [0.29, 0.717) is 17.1 Å². The summed E-state index contributed by atoms with van der Waals surface area (Å²) in [4.78, 5) is 17.7. The molecule has 1 fully saturated rings. The molecule has 1 amide bonds. The molecule has 156 valence electrons. The summed E-state index contributed by atoms with van der Waals surface area (Å²) in [5.74, 6) is 1.33. The number of nitrogens with zero attached hydrogens (tertiary/aromatic N) is 2. The third kappa shape index (κ3) is 5.01. The lowest BCUT2D eigenvalue weighted by molar-refractivity contribution is 0.0939. The van der Waals surface area contributed by atoms with Crippen molar-refractivity contribution in [1.29, 1.82) is 0 Å². The molecule has 29 heavy (non-hydrogen) atoms. The van der Waals surface area contributed by atoms with Crippen LogP contribution < -0.4 is 19.7 Å². The summed E-state index contributed by atoms with van der Waals surface area (Å²) in [5.41, 5.74) is 3.71. The largest absolute Gasteiger partial charge is 0.497 e. The van der Waals surface area contributed by atoms with E-state index in [-0.39, 0.29) is 11.9 Å². The highest BCUT2D eigenvalue weighted by molar-refractivity contribution is 5.96. The number of amides is 1. The molecule has 1 N–H and O–H groups in total.